The van der Waals surface area contributed by atoms with Crippen LogP contribution in [0.25, 0.3) is 0 Å². The van der Waals surface area contributed by atoms with Crippen molar-refractivity contribution in [3.63, 3.8) is 0 Å². The van der Waals surface area contributed by atoms with E-state index in [0.717, 1.165) is 47.1 Å². The van der Waals surface area contributed by atoms with Crippen molar-refractivity contribution in [1.29, 1.82) is 0 Å². The number of rotatable bonds is 3. The minimum atomic E-state index is 0.0979. The predicted octanol–water partition coefficient (Wildman–Crippen LogP) is 2.48. The molecular weight excluding hydrogens is 298 g/mol. The summed E-state index contributed by atoms with van der Waals surface area (Å²) in [7, 11) is 0. The van der Waals surface area contributed by atoms with E-state index < -0.39 is 0 Å². The van der Waals surface area contributed by atoms with Crippen LogP contribution in [0.2, 0.25) is 0 Å². The van der Waals surface area contributed by atoms with Gasteiger partial charge in [0, 0.05) is 49.4 Å². The second kappa shape index (κ2) is 6.14. The second-order valence-corrected chi connectivity index (χ2v) is 6.32. The molecule has 2 heterocycles. The molecule has 1 aliphatic rings. The van der Waals surface area contributed by atoms with Gasteiger partial charge in [0.1, 0.15) is 11.5 Å². The molecule has 1 aromatic carbocycles. The van der Waals surface area contributed by atoms with Crippen molar-refractivity contribution in [3.8, 4) is 11.5 Å². The monoisotopic (exact) mass is 317 g/mol. The van der Waals surface area contributed by atoms with E-state index in [0.29, 0.717) is 6.54 Å². The predicted molar refractivity (Wildman–Crippen MR) is 86.1 cm³/mol. The van der Waals surface area contributed by atoms with E-state index in [1.165, 1.54) is 6.07 Å². The number of nitrogens with zero attached hydrogens (tertiary/aromatic N) is 3. The van der Waals surface area contributed by atoms with E-state index in [9.17, 15) is 10.2 Å². The van der Waals surface area contributed by atoms with Crippen LogP contribution in [0.1, 0.15) is 22.4 Å². The van der Waals surface area contributed by atoms with Crippen molar-refractivity contribution >= 4 is 11.8 Å². The molecule has 0 fully saturated rings. The highest BCUT2D eigenvalue weighted by molar-refractivity contribution is 7.98. The van der Waals surface area contributed by atoms with Gasteiger partial charge in [-0.1, -0.05) is 11.8 Å². The molecule has 0 spiro atoms. The number of phenols is 2. The molecule has 0 aliphatic carbocycles. The smallest absolute Gasteiger partial charge is 0.187 e. The molecule has 0 unspecified atom stereocenters. The molecule has 1 aromatic heterocycles. The van der Waals surface area contributed by atoms with Gasteiger partial charge in [0.05, 0.1) is 5.69 Å². The maximum atomic E-state index is 10.1. The summed E-state index contributed by atoms with van der Waals surface area (Å²) < 4.78 is 0. The number of aryl methyl sites for hydroxylation is 1. The molecule has 5 nitrogen and oxygen atoms in total. The zero-order valence-electron chi connectivity index (χ0n) is 12.7. The first-order valence-corrected chi connectivity index (χ1v) is 8.42. The molecular formula is C16H19N3O2S. The summed E-state index contributed by atoms with van der Waals surface area (Å²) in [5.74, 6) is 0.248. The molecule has 3 rings (SSSR count). The summed E-state index contributed by atoms with van der Waals surface area (Å²) >= 11 is 1.56. The first-order valence-electron chi connectivity index (χ1n) is 7.19. The highest BCUT2D eigenvalue weighted by atomic mass is 32.2. The Labute approximate surface area is 134 Å². The van der Waals surface area contributed by atoms with E-state index in [-0.39, 0.29) is 11.5 Å². The van der Waals surface area contributed by atoms with Crippen LogP contribution < -0.4 is 0 Å². The van der Waals surface area contributed by atoms with Crippen LogP contribution in [-0.4, -0.2) is 37.9 Å². The van der Waals surface area contributed by atoms with Gasteiger partial charge in [-0.2, -0.15) is 0 Å². The topological polar surface area (TPSA) is 69.5 Å². The van der Waals surface area contributed by atoms with Gasteiger partial charge in [0.25, 0.3) is 0 Å². The third kappa shape index (κ3) is 3.03. The fourth-order valence-corrected chi connectivity index (χ4v) is 3.16. The maximum Gasteiger partial charge on any atom is 0.187 e. The zero-order valence-corrected chi connectivity index (χ0v) is 13.5. The Morgan fingerprint density at radius 2 is 2.14 bits per heavy atom. The fourth-order valence-electron chi connectivity index (χ4n) is 2.80. The third-order valence-corrected chi connectivity index (χ3v) is 4.55. The quantitative estimate of drug-likeness (QED) is 0.669. The summed E-state index contributed by atoms with van der Waals surface area (Å²) in [5.41, 5.74) is 4.04. The third-order valence-electron chi connectivity index (χ3n) is 3.99. The lowest BCUT2D eigenvalue weighted by Gasteiger charge is -2.28. The van der Waals surface area contributed by atoms with Gasteiger partial charge in [-0.05, 0) is 24.8 Å². The van der Waals surface area contributed by atoms with Crippen molar-refractivity contribution in [2.75, 3.05) is 12.8 Å². The van der Waals surface area contributed by atoms with Crippen LogP contribution >= 0.6 is 11.8 Å². The lowest BCUT2D eigenvalue weighted by Crippen LogP contribution is -2.31. The van der Waals surface area contributed by atoms with Crippen LogP contribution in [0, 0.1) is 6.92 Å². The number of hydrogen-bond donors (Lipinski definition) is 2. The maximum absolute atomic E-state index is 10.1. The van der Waals surface area contributed by atoms with Gasteiger partial charge in [-0.15, -0.1) is 0 Å². The number of thioether (sulfide) groups is 1. The molecule has 0 bridgehead atoms. The van der Waals surface area contributed by atoms with Gasteiger partial charge in [-0.3, -0.25) is 4.90 Å². The van der Waals surface area contributed by atoms with Crippen molar-refractivity contribution < 1.29 is 10.2 Å². The van der Waals surface area contributed by atoms with Gasteiger partial charge in [0.2, 0.25) is 0 Å². The van der Waals surface area contributed by atoms with E-state index in [1.807, 2.05) is 19.4 Å². The van der Waals surface area contributed by atoms with Crippen LogP contribution in [-0.2, 0) is 19.5 Å². The number of fused-ring (bicyclic) bond motifs is 1. The molecule has 116 valence electrons. The number of hydrogen-bond acceptors (Lipinski definition) is 6. The second-order valence-electron chi connectivity index (χ2n) is 5.55. The van der Waals surface area contributed by atoms with Gasteiger partial charge < -0.3 is 10.2 Å². The molecule has 0 amide bonds. The van der Waals surface area contributed by atoms with Gasteiger partial charge in [0.15, 0.2) is 5.16 Å². The normalized spacial score (nSPS) is 14.8. The van der Waals surface area contributed by atoms with Crippen LogP contribution in [0.5, 0.6) is 11.5 Å². The summed E-state index contributed by atoms with van der Waals surface area (Å²) in [6.07, 6.45) is 4.78. The van der Waals surface area contributed by atoms with Gasteiger partial charge >= 0.3 is 0 Å². The Bertz CT molecular complexity index is 683. The summed E-state index contributed by atoms with van der Waals surface area (Å²) in [4.78, 5) is 11.2. The molecule has 22 heavy (non-hydrogen) atoms. The average molecular weight is 317 g/mol. The molecule has 1 aliphatic heterocycles. The molecule has 0 radical (unpaired) electrons. The fraction of sp³-hybridized carbons (Fsp3) is 0.375. The molecule has 0 saturated heterocycles. The Hall–Kier alpha value is -1.79. The lowest BCUT2D eigenvalue weighted by molar-refractivity contribution is 0.238. The lowest BCUT2D eigenvalue weighted by atomic mass is 10.0. The summed E-state index contributed by atoms with van der Waals surface area (Å²) in [6, 6.07) is 3.08. The molecule has 0 saturated carbocycles. The van der Waals surface area contributed by atoms with Crippen LogP contribution in [0.3, 0.4) is 0 Å². The highest BCUT2D eigenvalue weighted by Crippen LogP contribution is 2.29. The summed E-state index contributed by atoms with van der Waals surface area (Å²) in [5, 5.41) is 20.4. The van der Waals surface area contributed by atoms with Gasteiger partial charge in [-0.25, -0.2) is 9.97 Å². The minimum Gasteiger partial charge on any atom is -0.508 e. The molecule has 2 N–H and O–H groups in total. The van der Waals surface area contributed by atoms with E-state index in [2.05, 4.69) is 14.9 Å². The first kappa shape index (κ1) is 15.1. The first-order chi connectivity index (χ1) is 10.6. The molecule has 6 heteroatoms. The average Bonchev–Trinajstić information content (AvgIpc) is 2.50. The van der Waals surface area contributed by atoms with Crippen LogP contribution in [0.4, 0.5) is 0 Å². The van der Waals surface area contributed by atoms with Crippen LogP contribution in [0.15, 0.2) is 23.5 Å². The van der Waals surface area contributed by atoms with Crippen molar-refractivity contribution in [2.45, 2.75) is 31.6 Å². The molecule has 2 aromatic rings. The Morgan fingerprint density at radius 1 is 1.32 bits per heavy atom. The number of aromatic nitrogens is 2. The van der Waals surface area contributed by atoms with Crippen molar-refractivity contribution in [2.24, 2.45) is 0 Å². The van der Waals surface area contributed by atoms with E-state index in [1.54, 1.807) is 17.8 Å². The summed E-state index contributed by atoms with van der Waals surface area (Å²) in [6.45, 7) is 4.24. The standard InChI is InChI=1S/C16H19N3O2S/c1-10-5-12(20)6-15(21)13(10)9-19-4-3-14-11(8-19)7-17-16(18-14)22-2/h5-7,20-21H,3-4,8-9H2,1-2H3. The van der Waals surface area contributed by atoms with E-state index in [4.69, 9.17) is 0 Å². The highest BCUT2D eigenvalue weighted by Gasteiger charge is 2.20. The number of phenolic OH excluding ortho intramolecular Hbond substituents is 2. The van der Waals surface area contributed by atoms with E-state index >= 15 is 0 Å². The Morgan fingerprint density at radius 3 is 2.86 bits per heavy atom. The largest absolute Gasteiger partial charge is 0.508 e. The van der Waals surface area contributed by atoms with Crippen molar-refractivity contribution in [1.82, 2.24) is 14.9 Å². The Balaban J connectivity index is 1.78. The SMILES string of the molecule is CSc1ncc2c(n1)CCN(Cc1c(C)cc(O)cc1O)C2. The molecule has 0 atom stereocenters. The van der Waals surface area contributed by atoms with Crippen molar-refractivity contribution in [3.05, 3.63) is 40.7 Å². The number of benzene rings is 1. The Kier molecular flexibility index (Phi) is 4.22. The minimum absolute atomic E-state index is 0.0979. The number of aromatic hydroxyl groups is 2. The zero-order chi connectivity index (χ0) is 15.7.